The molecule has 1 aliphatic carbocycles. The lowest BCUT2D eigenvalue weighted by molar-refractivity contribution is -0.0118. The molecule has 3 fully saturated rings. The highest BCUT2D eigenvalue weighted by atomic mass is 35.5. The Morgan fingerprint density at radius 2 is 1.81 bits per heavy atom. The number of ether oxygens (including phenoxy) is 3. The minimum Gasteiger partial charge on any atom is -0.490 e. The van der Waals surface area contributed by atoms with Crippen molar-refractivity contribution in [2.24, 2.45) is 5.73 Å². The number of nitriles is 1. The fraction of sp³-hybridized carbons (Fsp3) is 0.477. The van der Waals surface area contributed by atoms with Gasteiger partial charge in [0.2, 0.25) is 5.88 Å². The first-order chi connectivity index (χ1) is 30.1. The van der Waals surface area contributed by atoms with Crippen LogP contribution in [0.25, 0.3) is 5.65 Å². The van der Waals surface area contributed by atoms with Crippen molar-refractivity contribution in [3.05, 3.63) is 87.8 Å². The van der Waals surface area contributed by atoms with Crippen LogP contribution in [0.3, 0.4) is 0 Å². The number of benzene rings is 1. The van der Waals surface area contributed by atoms with E-state index in [0.29, 0.717) is 72.2 Å². The smallest absolute Gasteiger partial charge is 0.269 e. The maximum absolute atomic E-state index is 14.3. The van der Waals surface area contributed by atoms with E-state index < -0.39 is 11.8 Å². The molecule has 0 spiro atoms. The second-order valence-corrected chi connectivity index (χ2v) is 16.5. The van der Waals surface area contributed by atoms with Crippen molar-refractivity contribution in [1.82, 2.24) is 29.8 Å². The molecule has 1 amide bonds. The summed E-state index contributed by atoms with van der Waals surface area (Å²) in [6, 6.07) is 14.6. The van der Waals surface area contributed by atoms with Gasteiger partial charge in [-0.1, -0.05) is 24.6 Å². The number of rotatable bonds is 15. The Bertz CT molecular complexity index is 2400. The highest BCUT2D eigenvalue weighted by Crippen LogP contribution is 2.38. The van der Waals surface area contributed by atoms with Crippen molar-refractivity contribution >= 4 is 40.6 Å². The Kier molecular flexibility index (Phi) is 13.1. The fourth-order valence-electron chi connectivity index (χ4n) is 8.50. The van der Waals surface area contributed by atoms with Crippen molar-refractivity contribution < 1.29 is 27.8 Å². The van der Waals surface area contributed by atoms with Gasteiger partial charge in [0.25, 0.3) is 11.8 Å². The van der Waals surface area contributed by atoms with E-state index in [1.165, 1.54) is 0 Å². The quantitative estimate of drug-likeness (QED) is 0.102. The number of aryl methyl sites for hydroxylation is 1. The van der Waals surface area contributed by atoms with Crippen LogP contribution >= 0.6 is 11.6 Å². The molecule has 0 unspecified atom stereocenters. The van der Waals surface area contributed by atoms with Crippen molar-refractivity contribution in [2.45, 2.75) is 95.3 Å². The van der Waals surface area contributed by atoms with Gasteiger partial charge in [-0.05, 0) is 86.6 Å². The van der Waals surface area contributed by atoms with Crippen LogP contribution in [0.2, 0.25) is 5.02 Å². The molecule has 6 heterocycles. The fourth-order valence-corrected chi connectivity index (χ4v) is 8.71. The molecule has 1 saturated carbocycles. The predicted molar refractivity (Wildman–Crippen MR) is 229 cm³/mol. The summed E-state index contributed by atoms with van der Waals surface area (Å²) >= 11 is 6.20. The number of piperidine rings is 2. The van der Waals surface area contributed by atoms with Crippen molar-refractivity contribution in [1.29, 1.82) is 5.26 Å². The van der Waals surface area contributed by atoms with Crippen LogP contribution in [-0.2, 0) is 17.7 Å². The largest absolute Gasteiger partial charge is 0.490 e. The van der Waals surface area contributed by atoms with Crippen LogP contribution in [0.1, 0.15) is 97.0 Å². The predicted octanol–water partition coefficient (Wildman–Crippen LogP) is 7.12. The molecule has 3 aliphatic rings. The van der Waals surface area contributed by atoms with Gasteiger partial charge in [0, 0.05) is 62.6 Å². The van der Waals surface area contributed by atoms with Crippen LogP contribution in [0.4, 0.5) is 26.2 Å². The number of alkyl halides is 2. The number of anilines is 3. The van der Waals surface area contributed by atoms with E-state index in [1.54, 1.807) is 46.1 Å². The standard InChI is InChI=1S/C44H50ClF2N11O4/c1-2-29-26-52-58-37(22-38(53-43(29)58)57-15-3-14-44(46,47)27-57)50-24-28-4-11-40(51-25-28)61-19-18-60-32-12-16-56(17-13-32)39-21-35(41(42(49)59)55-54-39)30-5-8-33(9-6-30)62-34-10-7-31(23-48)36(45)20-34/h4,7,10-11,20-22,25-26,30,32-33,50H,2-3,5-6,8-9,12-19,24,27H2,1H3,(H2,49,59). The van der Waals surface area contributed by atoms with E-state index in [4.69, 9.17) is 41.8 Å². The number of amides is 1. The molecule has 62 heavy (non-hydrogen) atoms. The molecule has 0 radical (unpaired) electrons. The number of carbonyl (C=O) groups is 1. The van der Waals surface area contributed by atoms with Crippen LogP contribution in [0, 0.1) is 11.3 Å². The zero-order valence-electron chi connectivity index (χ0n) is 34.6. The van der Waals surface area contributed by atoms with Crippen LogP contribution < -0.4 is 30.3 Å². The van der Waals surface area contributed by atoms with Gasteiger partial charge in [0.15, 0.2) is 17.2 Å². The third-order valence-electron chi connectivity index (χ3n) is 11.9. The molecular formula is C44H50ClF2N11O4. The van der Waals surface area contributed by atoms with E-state index >= 15 is 0 Å². The lowest BCUT2D eigenvalue weighted by Crippen LogP contribution is -2.43. The normalized spacial score (nSPS) is 19.3. The highest BCUT2D eigenvalue weighted by Gasteiger charge is 2.36. The van der Waals surface area contributed by atoms with Crippen molar-refractivity contribution in [3.63, 3.8) is 0 Å². The molecule has 3 N–H and O–H groups in total. The van der Waals surface area contributed by atoms with Gasteiger partial charge in [-0.3, -0.25) is 4.79 Å². The minimum absolute atomic E-state index is 0.0106. The molecule has 5 aromatic rings. The lowest BCUT2D eigenvalue weighted by atomic mass is 9.82. The monoisotopic (exact) mass is 869 g/mol. The van der Waals surface area contributed by atoms with Gasteiger partial charge in [-0.15, -0.1) is 10.2 Å². The van der Waals surface area contributed by atoms with Crippen LogP contribution in [-0.4, -0.2) is 93.2 Å². The number of pyridine rings is 1. The average Bonchev–Trinajstić information content (AvgIpc) is 3.71. The van der Waals surface area contributed by atoms with E-state index in [0.717, 1.165) is 80.5 Å². The second-order valence-electron chi connectivity index (χ2n) is 16.1. The van der Waals surface area contributed by atoms with E-state index in [9.17, 15) is 13.6 Å². The van der Waals surface area contributed by atoms with E-state index in [-0.39, 0.29) is 36.8 Å². The maximum Gasteiger partial charge on any atom is 0.269 e. The number of nitrogens with zero attached hydrogens (tertiary/aromatic N) is 9. The number of nitrogens with one attached hydrogen (secondary N) is 1. The summed E-state index contributed by atoms with van der Waals surface area (Å²) in [6.45, 7) is 4.82. The van der Waals surface area contributed by atoms with Crippen LogP contribution in [0.5, 0.6) is 11.6 Å². The maximum atomic E-state index is 14.3. The van der Waals surface area contributed by atoms with Crippen LogP contribution in [0.15, 0.2) is 54.9 Å². The third kappa shape index (κ3) is 10.1. The Morgan fingerprint density at radius 1 is 0.984 bits per heavy atom. The van der Waals surface area contributed by atoms with Gasteiger partial charge in [0.05, 0.1) is 42.1 Å². The zero-order chi connectivity index (χ0) is 43.2. The molecule has 2 saturated heterocycles. The van der Waals surface area contributed by atoms with Crippen molar-refractivity contribution in [3.8, 4) is 17.7 Å². The van der Waals surface area contributed by atoms with Gasteiger partial charge in [-0.25, -0.2) is 18.7 Å². The van der Waals surface area contributed by atoms with Gasteiger partial charge in [-0.2, -0.15) is 14.9 Å². The van der Waals surface area contributed by atoms with Gasteiger partial charge < -0.3 is 35.1 Å². The molecule has 4 aromatic heterocycles. The average molecular weight is 870 g/mol. The third-order valence-corrected chi connectivity index (χ3v) is 12.2. The zero-order valence-corrected chi connectivity index (χ0v) is 35.4. The molecule has 15 nitrogen and oxygen atoms in total. The Labute approximate surface area is 363 Å². The van der Waals surface area contributed by atoms with Gasteiger partial charge >= 0.3 is 0 Å². The second kappa shape index (κ2) is 19.0. The number of halogens is 3. The van der Waals surface area contributed by atoms with Crippen molar-refractivity contribution in [2.75, 3.05) is 54.5 Å². The number of nitrogens with two attached hydrogens (primary N) is 1. The Balaban J connectivity index is 0.784. The van der Waals surface area contributed by atoms with Gasteiger partial charge in [0.1, 0.15) is 30.1 Å². The van der Waals surface area contributed by atoms with E-state index in [1.807, 2.05) is 25.1 Å². The Hall–Kier alpha value is -5.86. The minimum atomic E-state index is -2.75. The summed E-state index contributed by atoms with van der Waals surface area (Å²) < 4.78 is 48.5. The summed E-state index contributed by atoms with van der Waals surface area (Å²) in [7, 11) is 0. The summed E-state index contributed by atoms with van der Waals surface area (Å²) in [5, 5.41) is 26.1. The summed E-state index contributed by atoms with van der Waals surface area (Å²) in [5.74, 6) is -0.239. The highest BCUT2D eigenvalue weighted by molar-refractivity contribution is 6.31. The first-order valence-electron chi connectivity index (χ1n) is 21.3. The lowest BCUT2D eigenvalue weighted by Gasteiger charge is -2.33. The number of hydrogen-bond donors (Lipinski definition) is 2. The molecular weight excluding hydrogens is 820 g/mol. The number of fused-ring (bicyclic) bond motifs is 1. The molecule has 2 aliphatic heterocycles. The first-order valence-corrected chi connectivity index (χ1v) is 21.7. The number of aromatic nitrogens is 6. The Morgan fingerprint density at radius 3 is 2.52 bits per heavy atom. The molecule has 0 atom stereocenters. The topological polar surface area (TPSA) is 182 Å². The van der Waals surface area contributed by atoms with E-state index in [2.05, 4.69) is 36.6 Å². The summed E-state index contributed by atoms with van der Waals surface area (Å²) in [6.07, 6.45) is 9.32. The molecule has 18 heteroatoms. The number of carbonyl (C=O) groups excluding carboxylic acids is 1. The number of hydrogen-bond acceptors (Lipinski definition) is 13. The molecule has 326 valence electrons. The summed E-state index contributed by atoms with van der Waals surface area (Å²) in [5.41, 5.74) is 9.70. The summed E-state index contributed by atoms with van der Waals surface area (Å²) in [4.78, 5) is 25.4. The first kappa shape index (κ1) is 42.8. The number of primary amides is 1. The molecule has 8 rings (SSSR count). The molecule has 0 bridgehead atoms. The molecule has 1 aromatic carbocycles. The SMILES string of the molecule is CCc1cnn2c(NCc3ccc(OCCOC4CCN(c5cc(C6CCC(Oc7ccc(C#N)c(Cl)c7)CC6)c(C(N)=O)nn5)CC4)nc3)cc(N3CCCC(F)(F)C3)nc12.